The monoisotopic (exact) mass is 235 g/mol. The number of hydrogen-bond acceptors (Lipinski definition) is 2. The molecule has 0 bridgehead atoms. The lowest BCUT2D eigenvalue weighted by atomic mass is 9.95. The Kier molecular flexibility index (Phi) is 2.81. The molecule has 17 heavy (non-hydrogen) atoms. The van der Waals surface area contributed by atoms with E-state index in [4.69, 9.17) is 5.73 Å². The second kappa shape index (κ2) is 4.02. The molecule has 4 heteroatoms. The normalized spacial score (nSPS) is 12.2. The fraction of sp³-hybridized carbons (Fsp3) is 0.462. The highest BCUT2D eigenvalue weighted by Gasteiger charge is 2.26. The topological polar surface area (TPSA) is 43.8 Å². The van der Waals surface area contributed by atoms with Gasteiger partial charge < -0.3 is 10.3 Å². The Hall–Kier alpha value is -1.58. The van der Waals surface area contributed by atoms with Crippen LogP contribution in [0.25, 0.3) is 11.0 Å². The van der Waals surface area contributed by atoms with Crippen molar-refractivity contribution in [2.45, 2.75) is 39.2 Å². The van der Waals surface area contributed by atoms with Gasteiger partial charge in [0.15, 0.2) is 0 Å². The van der Waals surface area contributed by atoms with Crippen LogP contribution in [0.5, 0.6) is 0 Å². The summed E-state index contributed by atoms with van der Waals surface area (Å²) in [6.07, 6.45) is 1.91. The van der Waals surface area contributed by atoms with Gasteiger partial charge in [-0.3, -0.25) is 0 Å². The summed E-state index contributed by atoms with van der Waals surface area (Å²) in [4.78, 5) is 4.24. The molecule has 2 aromatic rings. The standard InChI is InChI=1S/C13H18FN3/c1-4-13(3,5-2)17-11-7-6-9(14)8-10(11)16-12(17)15/h6-8H,4-5H2,1-3H3,(H2,15,16). The van der Waals surface area contributed by atoms with Crippen molar-refractivity contribution in [1.29, 1.82) is 0 Å². The second-order valence-corrected chi connectivity index (χ2v) is 4.64. The van der Waals surface area contributed by atoms with Crippen molar-refractivity contribution >= 4 is 17.0 Å². The molecule has 0 aliphatic heterocycles. The van der Waals surface area contributed by atoms with E-state index < -0.39 is 0 Å². The number of aromatic nitrogens is 2. The van der Waals surface area contributed by atoms with Crippen LogP contribution < -0.4 is 5.73 Å². The molecule has 1 aromatic heterocycles. The number of fused-ring (bicyclic) bond motifs is 1. The third kappa shape index (κ3) is 1.77. The first-order valence-electron chi connectivity index (χ1n) is 5.96. The van der Waals surface area contributed by atoms with Crippen molar-refractivity contribution in [3.8, 4) is 0 Å². The summed E-state index contributed by atoms with van der Waals surface area (Å²) in [5, 5.41) is 0. The van der Waals surface area contributed by atoms with Crippen LogP contribution in [0.15, 0.2) is 18.2 Å². The number of anilines is 1. The Morgan fingerprint density at radius 1 is 1.35 bits per heavy atom. The van der Waals surface area contributed by atoms with Crippen LogP contribution >= 0.6 is 0 Å². The molecule has 0 aliphatic carbocycles. The van der Waals surface area contributed by atoms with Gasteiger partial charge in [-0.05, 0) is 31.9 Å². The summed E-state index contributed by atoms with van der Waals surface area (Å²) in [6.45, 7) is 6.39. The highest BCUT2D eigenvalue weighted by atomic mass is 19.1. The molecule has 2 rings (SSSR count). The van der Waals surface area contributed by atoms with E-state index in [9.17, 15) is 4.39 Å². The first kappa shape index (κ1) is 11.9. The van der Waals surface area contributed by atoms with Crippen LogP contribution in [0.2, 0.25) is 0 Å². The molecule has 0 fully saturated rings. The zero-order valence-electron chi connectivity index (χ0n) is 10.5. The van der Waals surface area contributed by atoms with Crippen molar-refractivity contribution in [3.63, 3.8) is 0 Å². The van der Waals surface area contributed by atoms with Crippen LogP contribution in [0, 0.1) is 5.82 Å². The number of rotatable bonds is 3. The van der Waals surface area contributed by atoms with Crippen molar-refractivity contribution in [2.24, 2.45) is 0 Å². The zero-order valence-corrected chi connectivity index (χ0v) is 10.5. The van der Waals surface area contributed by atoms with Gasteiger partial charge in [-0.25, -0.2) is 9.37 Å². The molecule has 92 valence electrons. The smallest absolute Gasteiger partial charge is 0.201 e. The minimum absolute atomic E-state index is 0.0728. The van der Waals surface area contributed by atoms with E-state index in [1.54, 1.807) is 6.07 Å². The predicted octanol–water partition coefficient (Wildman–Crippen LogP) is 3.29. The number of imidazole rings is 1. The molecule has 0 aliphatic rings. The summed E-state index contributed by atoms with van der Waals surface area (Å²) < 4.78 is 15.2. The van der Waals surface area contributed by atoms with Crippen molar-refractivity contribution in [3.05, 3.63) is 24.0 Å². The minimum Gasteiger partial charge on any atom is -0.369 e. The highest BCUT2D eigenvalue weighted by molar-refractivity contribution is 5.78. The van der Waals surface area contributed by atoms with E-state index in [0.29, 0.717) is 11.5 Å². The fourth-order valence-electron chi connectivity index (χ4n) is 2.21. The molecule has 0 spiro atoms. The Balaban J connectivity index is 2.73. The molecule has 0 unspecified atom stereocenters. The molecule has 2 N–H and O–H groups in total. The average molecular weight is 235 g/mol. The van der Waals surface area contributed by atoms with Crippen LogP contribution in [-0.2, 0) is 5.54 Å². The summed E-state index contributed by atoms with van der Waals surface area (Å²) >= 11 is 0. The Labute approximate surface area is 100 Å². The van der Waals surface area contributed by atoms with Gasteiger partial charge in [-0.15, -0.1) is 0 Å². The van der Waals surface area contributed by atoms with E-state index in [1.807, 2.05) is 4.57 Å². The van der Waals surface area contributed by atoms with Crippen molar-refractivity contribution < 1.29 is 4.39 Å². The molecule has 1 aromatic carbocycles. The maximum atomic E-state index is 13.1. The lowest BCUT2D eigenvalue weighted by Crippen LogP contribution is -2.29. The van der Waals surface area contributed by atoms with Crippen LogP contribution in [0.1, 0.15) is 33.6 Å². The molecule has 0 amide bonds. The molecule has 1 heterocycles. The predicted molar refractivity (Wildman–Crippen MR) is 68.3 cm³/mol. The lowest BCUT2D eigenvalue weighted by molar-refractivity contribution is 0.307. The van der Waals surface area contributed by atoms with Crippen LogP contribution in [0.3, 0.4) is 0 Å². The fourth-order valence-corrected chi connectivity index (χ4v) is 2.21. The maximum absolute atomic E-state index is 13.1. The van der Waals surface area contributed by atoms with Crippen LogP contribution in [0.4, 0.5) is 10.3 Å². The van der Waals surface area contributed by atoms with Crippen molar-refractivity contribution in [2.75, 3.05) is 5.73 Å². The first-order valence-corrected chi connectivity index (χ1v) is 5.96. The number of halogens is 1. The number of nitrogens with two attached hydrogens (primary N) is 1. The van der Waals surface area contributed by atoms with Gasteiger partial charge in [0, 0.05) is 11.6 Å². The zero-order chi connectivity index (χ0) is 12.6. The number of hydrogen-bond donors (Lipinski definition) is 1. The average Bonchev–Trinajstić information content (AvgIpc) is 2.64. The molecule has 0 radical (unpaired) electrons. The summed E-state index contributed by atoms with van der Waals surface area (Å²) in [5.74, 6) is 0.175. The summed E-state index contributed by atoms with van der Waals surface area (Å²) in [7, 11) is 0. The van der Waals surface area contributed by atoms with Gasteiger partial charge in [-0.2, -0.15) is 0 Å². The lowest BCUT2D eigenvalue weighted by Gasteiger charge is -2.30. The third-order valence-corrected chi connectivity index (χ3v) is 3.71. The largest absolute Gasteiger partial charge is 0.369 e. The van der Waals surface area contributed by atoms with E-state index in [2.05, 4.69) is 25.8 Å². The molecule has 0 saturated heterocycles. The van der Waals surface area contributed by atoms with E-state index >= 15 is 0 Å². The summed E-state index contributed by atoms with van der Waals surface area (Å²) in [6, 6.07) is 4.62. The minimum atomic E-state index is -0.281. The second-order valence-electron chi connectivity index (χ2n) is 4.64. The maximum Gasteiger partial charge on any atom is 0.201 e. The SMILES string of the molecule is CCC(C)(CC)n1c(N)nc2cc(F)ccc21. The third-order valence-electron chi connectivity index (χ3n) is 3.71. The van der Waals surface area contributed by atoms with Gasteiger partial charge in [0.2, 0.25) is 5.95 Å². The number of nitrogen functional groups attached to an aromatic ring is 1. The van der Waals surface area contributed by atoms with Gasteiger partial charge in [0.05, 0.1) is 11.0 Å². The van der Waals surface area contributed by atoms with Crippen LogP contribution in [-0.4, -0.2) is 9.55 Å². The molecule has 0 saturated carbocycles. The van der Waals surface area contributed by atoms with E-state index in [0.717, 1.165) is 18.4 Å². The summed E-state index contributed by atoms with van der Waals surface area (Å²) in [5.41, 5.74) is 7.42. The van der Waals surface area contributed by atoms with Gasteiger partial charge >= 0.3 is 0 Å². The number of benzene rings is 1. The Morgan fingerprint density at radius 3 is 2.59 bits per heavy atom. The van der Waals surface area contributed by atoms with Gasteiger partial charge in [0.25, 0.3) is 0 Å². The molecule has 0 atom stereocenters. The molecule has 3 nitrogen and oxygen atoms in total. The van der Waals surface area contributed by atoms with E-state index in [1.165, 1.54) is 12.1 Å². The Morgan fingerprint density at radius 2 is 2.00 bits per heavy atom. The van der Waals surface area contributed by atoms with Gasteiger partial charge in [0.1, 0.15) is 5.82 Å². The quantitative estimate of drug-likeness (QED) is 0.887. The molecular weight excluding hydrogens is 217 g/mol. The molecular formula is C13H18FN3. The Bertz CT molecular complexity index is 541. The highest BCUT2D eigenvalue weighted by Crippen LogP contribution is 2.32. The first-order chi connectivity index (χ1) is 8.01. The van der Waals surface area contributed by atoms with E-state index in [-0.39, 0.29) is 11.4 Å². The van der Waals surface area contributed by atoms with Gasteiger partial charge in [-0.1, -0.05) is 13.8 Å². The van der Waals surface area contributed by atoms with Crippen molar-refractivity contribution in [1.82, 2.24) is 9.55 Å². The number of nitrogens with zero attached hydrogens (tertiary/aromatic N) is 2.